The van der Waals surface area contributed by atoms with Crippen molar-refractivity contribution in [2.75, 3.05) is 12.3 Å². The number of furan rings is 1. The normalized spacial score (nSPS) is 13.3. The molecule has 4 aromatic rings. The van der Waals surface area contributed by atoms with Gasteiger partial charge in [-0.15, -0.1) is 22.7 Å². The standard InChI is InChI=1S/C24H21N3O4S3/c1-14(2)11-27-23(30)20-15-7-8-26(22(29)17-5-3-9-31-17)12-19(15)34-21(20)25-24(27)33-13-16(28)18-6-4-10-32-18/h3-6,9-10H,1,7-8,11-13H2,2H3. The molecule has 0 unspecified atom stereocenters. The molecule has 1 aliphatic heterocycles. The number of hydrogen-bond acceptors (Lipinski definition) is 8. The van der Waals surface area contributed by atoms with Crippen molar-refractivity contribution in [3.63, 3.8) is 0 Å². The van der Waals surface area contributed by atoms with Crippen molar-refractivity contribution in [1.82, 2.24) is 14.5 Å². The minimum atomic E-state index is -0.163. The van der Waals surface area contributed by atoms with E-state index < -0.39 is 0 Å². The van der Waals surface area contributed by atoms with Gasteiger partial charge < -0.3 is 9.32 Å². The number of thioether (sulfide) groups is 1. The van der Waals surface area contributed by atoms with Crippen LogP contribution in [0.2, 0.25) is 0 Å². The molecular formula is C24H21N3O4S3. The highest BCUT2D eigenvalue weighted by molar-refractivity contribution is 7.99. The van der Waals surface area contributed by atoms with E-state index in [1.54, 1.807) is 27.7 Å². The number of thiophene rings is 2. The Hall–Kier alpha value is -2.95. The Kier molecular flexibility index (Phi) is 6.28. The first kappa shape index (κ1) is 22.8. The van der Waals surface area contributed by atoms with Gasteiger partial charge >= 0.3 is 0 Å². The minimum absolute atomic E-state index is 0.00813. The third-order valence-corrected chi connectivity index (χ3v) is 8.50. The monoisotopic (exact) mass is 511 g/mol. The summed E-state index contributed by atoms with van der Waals surface area (Å²) in [6, 6.07) is 6.99. The van der Waals surface area contributed by atoms with Crippen LogP contribution in [0.5, 0.6) is 0 Å². The number of fused-ring (bicyclic) bond motifs is 3. The zero-order valence-corrected chi connectivity index (χ0v) is 20.9. The van der Waals surface area contributed by atoms with Crippen molar-refractivity contribution < 1.29 is 14.0 Å². The summed E-state index contributed by atoms with van der Waals surface area (Å²) in [4.78, 5) is 47.7. The van der Waals surface area contributed by atoms with Crippen molar-refractivity contribution >= 4 is 56.3 Å². The summed E-state index contributed by atoms with van der Waals surface area (Å²) < 4.78 is 6.88. The number of aromatic nitrogens is 2. The quantitative estimate of drug-likeness (QED) is 0.152. The van der Waals surface area contributed by atoms with E-state index in [1.165, 1.54) is 40.7 Å². The van der Waals surface area contributed by atoms with Gasteiger partial charge in [-0.3, -0.25) is 19.0 Å². The van der Waals surface area contributed by atoms with E-state index in [4.69, 9.17) is 9.40 Å². The highest BCUT2D eigenvalue weighted by Gasteiger charge is 2.29. The largest absolute Gasteiger partial charge is 0.459 e. The fourth-order valence-electron chi connectivity index (χ4n) is 3.94. The fraction of sp³-hybridized carbons (Fsp3) is 0.250. The summed E-state index contributed by atoms with van der Waals surface area (Å²) in [6.45, 7) is 7.08. The van der Waals surface area contributed by atoms with Gasteiger partial charge in [0, 0.05) is 18.0 Å². The van der Waals surface area contributed by atoms with E-state index in [0.717, 1.165) is 16.0 Å². The molecule has 5 heterocycles. The van der Waals surface area contributed by atoms with Gasteiger partial charge in [-0.1, -0.05) is 30.0 Å². The Bertz CT molecular complexity index is 1450. The number of hydrogen-bond donors (Lipinski definition) is 0. The molecule has 0 spiro atoms. The second-order valence-electron chi connectivity index (χ2n) is 8.07. The van der Waals surface area contributed by atoms with Crippen LogP contribution in [0, 0.1) is 0 Å². The van der Waals surface area contributed by atoms with Crippen LogP contribution in [-0.2, 0) is 19.5 Å². The molecule has 174 valence electrons. The molecule has 7 nitrogen and oxygen atoms in total. The van der Waals surface area contributed by atoms with E-state index >= 15 is 0 Å². The van der Waals surface area contributed by atoms with Crippen LogP contribution in [-0.4, -0.2) is 38.4 Å². The number of allylic oxidation sites excluding steroid dienone is 1. The minimum Gasteiger partial charge on any atom is -0.459 e. The molecule has 1 amide bonds. The summed E-state index contributed by atoms with van der Waals surface area (Å²) in [5.41, 5.74) is 1.67. The highest BCUT2D eigenvalue weighted by atomic mass is 32.2. The maximum Gasteiger partial charge on any atom is 0.289 e. The van der Waals surface area contributed by atoms with E-state index in [2.05, 4.69) is 6.58 Å². The first-order valence-electron chi connectivity index (χ1n) is 10.6. The van der Waals surface area contributed by atoms with Gasteiger partial charge in [-0.25, -0.2) is 4.98 Å². The summed E-state index contributed by atoms with van der Waals surface area (Å²) in [5, 5.41) is 2.99. The van der Waals surface area contributed by atoms with Gasteiger partial charge in [0.05, 0.1) is 28.8 Å². The molecule has 4 aromatic heterocycles. The second kappa shape index (κ2) is 9.36. The number of carbonyl (C=O) groups is 2. The number of ketones is 1. The Balaban J connectivity index is 1.49. The topological polar surface area (TPSA) is 85.4 Å². The Morgan fingerprint density at radius 3 is 2.85 bits per heavy atom. The van der Waals surface area contributed by atoms with Gasteiger partial charge in [0.25, 0.3) is 11.5 Å². The molecule has 0 saturated heterocycles. The lowest BCUT2D eigenvalue weighted by molar-refractivity contribution is 0.0705. The zero-order chi connectivity index (χ0) is 23.8. The molecule has 0 saturated carbocycles. The molecule has 0 atom stereocenters. The molecule has 0 fully saturated rings. The van der Waals surface area contributed by atoms with Crippen molar-refractivity contribution in [2.45, 2.75) is 31.6 Å². The van der Waals surface area contributed by atoms with Crippen molar-refractivity contribution in [2.24, 2.45) is 0 Å². The van der Waals surface area contributed by atoms with E-state index in [0.29, 0.717) is 52.1 Å². The van der Waals surface area contributed by atoms with Crippen LogP contribution in [0.1, 0.15) is 37.6 Å². The third-order valence-electron chi connectivity index (χ3n) is 5.50. The molecule has 0 radical (unpaired) electrons. The van der Waals surface area contributed by atoms with E-state index in [-0.39, 0.29) is 23.0 Å². The maximum atomic E-state index is 13.6. The second-order valence-corrected chi connectivity index (χ2v) is 11.0. The Labute approximate surface area is 207 Å². The average Bonchev–Trinajstić information content (AvgIpc) is 3.59. The van der Waals surface area contributed by atoms with E-state index in [1.807, 2.05) is 18.4 Å². The number of rotatable bonds is 7. The molecule has 34 heavy (non-hydrogen) atoms. The van der Waals surface area contributed by atoms with Gasteiger partial charge in [0.2, 0.25) is 0 Å². The van der Waals surface area contributed by atoms with Crippen LogP contribution in [0.15, 0.2) is 62.4 Å². The SMILES string of the molecule is C=C(C)Cn1c(SCC(=O)c2cccs2)nc2sc3c(c2c1=O)CCN(C(=O)c1ccco1)C3. The highest BCUT2D eigenvalue weighted by Crippen LogP contribution is 2.34. The summed E-state index contributed by atoms with van der Waals surface area (Å²) in [7, 11) is 0. The van der Waals surface area contributed by atoms with Crippen LogP contribution < -0.4 is 5.56 Å². The van der Waals surface area contributed by atoms with Crippen LogP contribution in [0.25, 0.3) is 10.2 Å². The first-order valence-corrected chi connectivity index (χ1v) is 13.3. The zero-order valence-electron chi connectivity index (χ0n) is 18.4. The van der Waals surface area contributed by atoms with Crippen LogP contribution >= 0.6 is 34.4 Å². The number of carbonyl (C=O) groups excluding carboxylic acids is 2. The van der Waals surface area contributed by atoms with Gasteiger partial charge in [-0.05, 0) is 42.5 Å². The molecule has 5 rings (SSSR count). The summed E-state index contributed by atoms with van der Waals surface area (Å²) in [6.07, 6.45) is 2.06. The van der Waals surface area contributed by atoms with Crippen LogP contribution in [0.3, 0.4) is 0 Å². The van der Waals surface area contributed by atoms with Crippen molar-refractivity contribution in [3.05, 3.63) is 79.5 Å². The smallest absolute Gasteiger partial charge is 0.289 e. The summed E-state index contributed by atoms with van der Waals surface area (Å²) >= 11 is 4.11. The van der Waals surface area contributed by atoms with Crippen molar-refractivity contribution in [3.8, 4) is 0 Å². The predicted molar refractivity (Wildman–Crippen MR) is 135 cm³/mol. The van der Waals surface area contributed by atoms with Gasteiger partial charge in [0.1, 0.15) is 4.83 Å². The Morgan fingerprint density at radius 1 is 1.29 bits per heavy atom. The molecular weight excluding hydrogens is 490 g/mol. The molecule has 0 aliphatic carbocycles. The molecule has 0 N–H and O–H groups in total. The van der Waals surface area contributed by atoms with Gasteiger partial charge in [-0.2, -0.15) is 0 Å². The predicted octanol–water partition coefficient (Wildman–Crippen LogP) is 4.86. The lowest BCUT2D eigenvalue weighted by Gasteiger charge is -2.26. The van der Waals surface area contributed by atoms with Crippen molar-refractivity contribution in [1.29, 1.82) is 0 Å². The van der Waals surface area contributed by atoms with E-state index in [9.17, 15) is 14.4 Å². The first-order chi connectivity index (χ1) is 16.4. The molecule has 1 aliphatic rings. The summed E-state index contributed by atoms with van der Waals surface area (Å²) in [5.74, 6) is 0.351. The third kappa shape index (κ3) is 4.28. The number of nitrogens with zero attached hydrogens (tertiary/aromatic N) is 3. The van der Waals surface area contributed by atoms with Gasteiger partial charge in [0.15, 0.2) is 16.7 Å². The number of Topliss-reactive ketones (excluding diaryl/α,β-unsaturated/α-hetero) is 1. The van der Waals surface area contributed by atoms with Crippen LogP contribution in [0.4, 0.5) is 0 Å². The lowest BCUT2D eigenvalue weighted by Crippen LogP contribution is -2.35. The Morgan fingerprint density at radius 2 is 2.15 bits per heavy atom. The molecule has 10 heteroatoms. The molecule has 0 aromatic carbocycles. The number of amides is 1. The molecule has 0 bridgehead atoms. The fourth-order valence-corrected chi connectivity index (χ4v) is 6.86. The maximum absolute atomic E-state index is 13.6. The lowest BCUT2D eigenvalue weighted by atomic mass is 10.1. The average molecular weight is 512 g/mol.